The van der Waals surface area contributed by atoms with Crippen LogP contribution in [0.25, 0.3) is 0 Å². The van der Waals surface area contributed by atoms with E-state index in [0.717, 1.165) is 12.8 Å². The first-order chi connectivity index (χ1) is 8.86. The number of hydrogen-bond donors (Lipinski definition) is 0. The molecule has 0 aromatic heterocycles. The summed E-state index contributed by atoms with van der Waals surface area (Å²) in [6.45, 7) is 10.3. The number of esters is 1. The molecule has 1 aliphatic carbocycles. The highest BCUT2D eigenvalue weighted by molar-refractivity contribution is 5.72. The van der Waals surface area contributed by atoms with Crippen molar-refractivity contribution in [1.29, 1.82) is 0 Å². The molecule has 0 spiro atoms. The molecule has 0 aliphatic heterocycles. The van der Waals surface area contributed by atoms with E-state index in [1.807, 2.05) is 0 Å². The fourth-order valence-corrected chi connectivity index (χ4v) is 2.51. The molecule has 19 heavy (non-hydrogen) atoms. The van der Waals surface area contributed by atoms with Gasteiger partial charge in [-0.1, -0.05) is 38.2 Å². The number of carbonyl (C=O) groups is 1. The van der Waals surface area contributed by atoms with E-state index in [1.165, 1.54) is 12.7 Å². The number of ether oxygens (including phenoxy) is 2. The molecule has 1 unspecified atom stereocenters. The summed E-state index contributed by atoms with van der Waals surface area (Å²) in [5.74, 6) is 0.294. The lowest BCUT2D eigenvalue weighted by atomic mass is 9.68. The molecule has 0 N–H and O–H groups in total. The summed E-state index contributed by atoms with van der Waals surface area (Å²) in [6, 6.07) is 0. The maximum atomic E-state index is 11.2. The first kappa shape index (κ1) is 15.7. The Bertz CT molecular complexity index is 402. The van der Waals surface area contributed by atoms with Crippen molar-refractivity contribution >= 4 is 5.97 Å². The van der Waals surface area contributed by atoms with Crippen LogP contribution in [0.5, 0.6) is 0 Å². The van der Waals surface area contributed by atoms with E-state index in [9.17, 15) is 4.79 Å². The van der Waals surface area contributed by atoms with Gasteiger partial charge in [-0.25, -0.2) is 4.79 Å². The highest BCUT2D eigenvalue weighted by Gasteiger charge is 2.30. The Morgan fingerprint density at radius 3 is 2.84 bits per heavy atom. The van der Waals surface area contributed by atoms with Gasteiger partial charge in [0.2, 0.25) is 0 Å². The molecule has 3 nitrogen and oxygen atoms in total. The van der Waals surface area contributed by atoms with Gasteiger partial charge in [0.15, 0.2) is 0 Å². The summed E-state index contributed by atoms with van der Waals surface area (Å²) in [6.07, 6.45) is 8.43. The lowest BCUT2D eigenvalue weighted by molar-refractivity contribution is -0.143. The number of carbonyl (C=O) groups excluding carboxylic acids is 1. The van der Waals surface area contributed by atoms with E-state index in [1.54, 1.807) is 6.08 Å². The number of methoxy groups -OCH3 is 1. The Labute approximate surface area is 116 Å². The predicted molar refractivity (Wildman–Crippen MR) is 76.5 cm³/mol. The summed E-state index contributed by atoms with van der Waals surface area (Å²) in [7, 11) is 1.46. The fraction of sp³-hybridized carbons (Fsp3) is 0.562. The monoisotopic (exact) mass is 264 g/mol. The van der Waals surface area contributed by atoms with E-state index in [-0.39, 0.29) is 12.0 Å². The quantitative estimate of drug-likeness (QED) is 0.329. The second-order valence-corrected chi connectivity index (χ2v) is 5.69. The lowest BCUT2D eigenvalue weighted by Crippen LogP contribution is -2.26. The highest BCUT2D eigenvalue weighted by Crippen LogP contribution is 2.41. The molecule has 0 saturated carbocycles. The molecule has 0 amide bonds. The standard InChI is InChI=1S/C16H24O3/c1-12-7-6-10-16(3,4)14(12)9-8-13(2)19-15(17)11-18-5/h7-9,14H,2,6,10-11H2,1,3-5H3. The van der Waals surface area contributed by atoms with Crippen molar-refractivity contribution in [2.75, 3.05) is 13.7 Å². The number of allylic oxidation sites excluding steroid dienone is 4. The van der Waals surface area contributed by atoms with Crippen LogP contribution in [0, 0.1) is 11.3 Å². The average molecular weight is 264 g/mol. The van der Waals surface area contributed by atoms with Crippen molar-refractivity contribution in [2.45, 2.75) is 33.6 Å². The molecule has 1 rings (SSSR count). The number of hydrogen-bond acceptors (Lipinski definition) is 3. The van der Waals surface area contributed by atoms with Gasteiger partial charge in [0.1, 0.15) is 12.4 Å². The van der Waals surface area contributed by atoms with Crippen molar-refractivity contribution in [3.63, 3.8) is 0 Å². The molecule has 0 bridgehead atoms. The van der Waals surface area contributed by atoms with Crippen molar-refractivity contribution < 1.29 is 14.3 Å². The van der Waals surface area contributed by atoms with Crippen LogP contribution in [-0.4, -0.2) is 19.7 Å². The summed E-state index contributed by atoms with van der Waals surface area (Å²) in [5, 5.41) is 0. The first-order valence-electron chi connectivity index (χ1n) is 6.60. The Morgan fingerprint density at radius 2 is 2.26 bits per heavy atom. The van der Waals surface area contributed by atoms with Crippen LogP contribution in [0.2, 0.25) is 0 Å². The molecule has 0 fully saturated rings. The molecule has 0 radical (unpaired) electrons. The van der Waals surface area contributed by atoms with Crippen molar-refractivity contribution in [3.05, 3.63) is 36.1 Å². The molecule has 1 atom stereocenters. The molecule has 106 valence electrons. The zero-order chi connectivity index (χ0) is 14.5. The van der Waals surface area contributed by atoms with Gasteiger partial charge in [0.05, 0.1) is 0 Å². The third-order valence-electron chi connectivity index (χ3n) is 3.57. The van der Waals surface area contributed by atoms with Crippen molar-refractivity contribution in [2.24, 2.45) is 11.3 Å². The molecular weight excluding hydrogens is 240 g/mol. The first-order valence-corrected chi connectivity index (χ1v) is 6.60. The van der Waals surface area contributed by atoms with Gasteiger partial charge in [-0.3, -0.25) is 0 Å². The second kappa shape index (κ2) is 6.71. The van der Waals surface area contributed by atoms with Gasteiger partial charge >= 0.3 is 5.97 Å². The minimum atomic E-state index is -0.424. The predicted octanol–water partition coefficient (Wildman–Crippen LogP) is 3.63. The molecular formula is C16H24O3. The van der Waals surface area contributed by atoms with Gasteiger partial charge in [0, 0.05) is 13.0 Å². The lowest BCUT2D eigenvalue weighted by Gasteiger charge is -2.36. The minimum Gasteiger partial charge on any atom is -0.425 e. The van der Waals surface area contributed by atoms with Crippen LogP contribution in [0.3, 0.4) is 0 Å². The topological polar surface area (TPSA) is 35.5 Å². The zero-order valence-corrected chi connectivity index (χ0v) is 12.4. The van der Waals surface area contributed by atoms with Crippen LogP contribution in [-0.2, 0) is 14.3 Å². The number of rotatable bonds is 5. The van der Waals surface area contributed by atoms with E-state index in [2.05, 4.69) is 39.5 Å². The van der Waals surface area contributed by atoms with Gasteiger partial charge in [0.25, 0.3) is 0 Å². The fourth-order valence-electron chi connectivity index (χ4n) is 2.51. The second-order valence-electron chi connectivity index (χ2n) is 5.69. The van der Waals surface area contributed by atoms with E-state index >= 15 is 0 Å². The van der Waals surface area contributed by atoms with Gasteiger partial charge in [-0.05, 0) is 31.3 Å². The Hall–Kier alpha value is -1.35. The van der Waals surface area contributed by atoms with Gasteiger partial charge in [-0.2, -0.15) is 0 Å². The summed E-state index contributed by atoms with van der Waals surface area (Å²) < 4.78 is 9.72. The molecule has 0 aromatic rings. The summed E-state index contributed by atoms with van der Waals surface area (Å²) >= 11 is 0. The van der Waals surface area contributed by atoms with Gasteiger partial charge < -0.3 is 9.47 Å². The maximum Gasteiger partial charge on any atom is 0.337 e. The third kappa shape index (κ3) is 4.67. The van der Waals surface area contributed by atoms with Crippen molar-refractivity contribution in [3.8, 4) is 0 Å². The largest absolute Gasteiger partial charge is 0.425 e. The average Bonchev–Trinajstić information content (AvgIpc) is 2.27. The molecule has 1 aliphatic rings. The highest BCUT2D eigenvalue weighted by atomic mass is 16.6. The smallest absolute Gasteiger partial charge is 0.337 e. The maximum absolute atomic E-state index is 11.2. The van der Waals surface area contributed by atoms with Crippen LogP contribution < -0.4 is 0 Å². The third-order valence-corrected chi connectivity index (χ3v) is 3.57. The SMILES string of the molecule is C=C(C=CC1C(C)=CCCC1(C)C)OC(=O)COC. The van der Waals surface area contributed by atoms with Crippen LogP contribution >= 0.6 is 0 Å². The van der Waals surface area contributed by atoms with Crippen LogP contribution in [0.4, 0.5) is 0 Å². The van der Waals surface area contributed by atoms with E-state index in [0.29, 0.717) is 11.7 Å². The Balaban J connectivity index is 2.64. The molecule has 3 heteroatoms. The Morgan fingerprint density at radius 1 is 1.58 bits per heavy atom. The normalized spacial score (nSPS) is 22.1. The minimum absolute atomic E-state index is 0.0548. The van der Waals surface area contributed by atoms with Gasteiger partial charge in [-0.15, -0.1) is 0 Å². The van der Waals surface area contributed by atoms with E-state index in [4.69, 9.17) is 9.47 Å². The van der Waals surface area contributed by atoms with E-state index < -0.39 is 5.97 Å². The van der Waals surface area contributed by atoms with Crippen molar-refractivity contribution in [1.82, 2.24) is 0 Å². The Kier molecular flexibility index (Phi) is 5.55. The summed E-state index contributed by atoms with van der Waals surface area (Å²) in [4.78, 5) is 11.2. The molecule has 0 heterocycles. The van der Waals surface area contributed by atoms with Crippen LogP contribution in [0.1, 0.15) is 33.6 Å². The molecule has 0 aromatic carbocycles. The zero-order valence-electron chi connectivity index (χ0n) is 12.4. The molecule has 0 saturated heterocycles. The van der Waals surface area contributed by atoms with Crippen LogP contribution in [0.15, 0.2) is 36.1 Å². The summed E-state index contributed by atoms with van der Waals surface area (Å²) in [5.41, 5.74) is 1.59.